The van der Waals surface area contributed by atoms with Gasteiger partial charge in [0.05, 0.1) is 13.2 Å². The van der Waals surface area contributed by atoms with Crippen LogP contribution in [-0.2, 0) is 11.3 Å². The van der Waals surface area contributed by atoms with Crippen LogP contribution in [0.5, 0.6) is 5.75 Å². The van der Waals surface area contributed by atoms with Crippen molar-refractivity contribution >= 4 is 11.0 Å². The smallest absolute Gasteiger partial charge is 0.336 e. The third-order valence-corrected chi connectivity index (χ3v) is 3.24. The van der Waals surface area contributed by atoms with Gasteiger partial charge in [0, 0.05) is 44.3 Å². The number of aromatic hydroxyl groups is 1. The summed E-state index contributed by atoms with van der Waals surface area (Å²) >= 11 is 0. The number of fused-ring (bicyclic) bond motifs is 1. The Morgan fingerprint density at radius 2 is 2.10 bits per heavy atom. The molecule has 0 unspecified atom stereocenters. The zero-order valence-electron chi connectivity index (χ0n) is 11.9. The second kappa shape index (κ2) is 7.21. The van der Waals surface area contributed by atoms with Crippen LogP contribution in [0.2, 0.25) is 0 Å². The number of hydrogen-bond acceptors (Lipinski definition) is 6. The summed E-state index contributed by atoms with van der Waals surface area (Å²) in [4.78, 5) is 13.6. The molecule has 0 saturated carbocycles. The Balaban J connectivity index is 2.33. The van der Waals surface area contributed by atoms with E-state index in [4.69, 9.17) is 14.3 Å². The highest BCUT2D eigenvalue weighted by atomic mass is 16.5. The summed E-state index contributed by atoms with van der Waals surface area (Å²) in [6.07, 6.45) is 0. The van der Waals surface area contributed by atoms with Gasteiger partial charge in [-0.25, -0.2) is 4.79 Å². The minimum Gasteiger partial charge on any atom is -0.508 e. The predicted molar refractivity (Wildman–Crippen MR) is 78.4 cm³/mol. The number of hydrogen-bond donors (Lipinski definition) is 2. The third kappa shape index (κ3) is 4.04. The molecule has 1 heterocycles. The summed E-state index contributed by atoms with van der Waals surface area (Å²) in [6, 6.07) is 6.14. The third-order valence-electron chi connectivity index (χ3n) is 3.24. The second-order valence-electron chi connectivity index (χ2n) is 4.76. The van der Waals surface area contributed by atoms with Crippen LogP contribution < -0.4 is 5.63 Å². The van der Waals surface area contributed by atoms with Gasteiger partial charge in [-0.15, -0.1) is 0 Å². The lowest BCUT2D eigenvalue weighted by atomic mass is 10.1. The predicted octanol–water partition coefficient (Wildman–Crippen LogP) is 0.939. The average molecular weight is 293 g/mol. The van der Waals surface area contributed by atoms with Crippen LogP contribution in [-0.4, -0.2) is 48.5 Å². The molecule has 1 aromatic heterocycles. The zero-order valence-corrected chi connectivity index (χ0v) is 11.9. The molecule has 114 valence electrons. The number of phenols is 1. The molecule has 0 bridgehead atoms. The first-order chi connectivity index (χ1) is 10.1. The maximum absolute atomic E-state index is 11.6. The van der Waals surface area contributed by atoms with Gasteiger partial charge in [0.15, 0.2) is 0 Å². The number of methoxy groups -OCH3 is 1. The van der Waals surface area contributed by atoms with Crippen LogP contribution >= 0.6 is 0 Å². The normalized spacial score (nSPS) is 11.4. The van der Waals surface area contributed by atoms with Gasteiger partial charge in [0.1, 0.15) is 11.3 Å². The lowest BCUT2D eigenvalue weighted by molar-refractivity contribution is 0.127. The minimum absolute atomic E-state index is 0.0316. The van der Waals surface area contributed by atoms with E-state index in [1.165, 1.54) is 12.1 Å². The lowest BCUT2D eigenvalue weighted by Crippen LogP contribution is -2.30. The van der Waals surface area contributed by atoms with Crippen molar-refractivity contribution in [2.24, 2.45) is 0 Å². The Kier molecular flexibility index (Phi) is 5.32. The van der Waals surface area contributed by atoms with Crippen molar-refractivity contribution in [3.63, 3.8) is 0 Å². The number of ether oxygens (including phenoxy) is 1. The van der Waals surface area contributed by atoms with E-state index in [-0.39, 0.29) is 12.4 Å². The Morgan fingerprint density at radius 3 is 2.81 bits per heavy atom. The van der Waals surface area contributed by atoms with Crippen molar-refractivity contribution in [1.82, 2.24) is 4.90 Å². The van der Waals surface area contributed by atoms with Crippen molar-refractivity contribution in [1.29, 1.82) is 0 Å². The molecule has 2 rings (SSSR count). The lowest BCUT2D eigenvalue weighted by Gasteiger charge is -2.21. The fourth-order valence-corrected chi connectivity index (χ4v) is 2.22. The fraction of sp³-hybridized carbons (Fsp3) is 0.400. The molecule has 0 amide bonds. The summed E-state index contributed by atoms with van der Waals surface area (Å²) in [7, 11) is 1.62. The highest BCUT2D eigenvalue weighted by Gasteiger charge is 2.11. The SMILES string of the molecule is COCCN(CCO)Cc1cc(=O)oc2cc(O)ccc12. The number of aliphatic hydroxyl groups excluding tert-OH is 1. The number of nitrogens with zero attached hydrogens (tertiary/aromatic N) is 1. The first kappa shape index (κ1) is 15.5. The van der Waals surface area contributed by atoms with Crippen molar-refractivity contribution < 1.29 is 19.4 Å². The number of aliphatic hydroxyl groups is 1. The molecule has 21 heavy (non-hydrogen) atoms. The van der Waals surface area contributed by atoms with E-state index in [0.29, 0.717) is 31.8 Å². The fourth-order valence-electron chi connectivity index (χ4n) is 2.22. The van der Waals surface area contributed by atoms with Crippen molar-refractivity contribution in [2.45, 2.75) is 6.54 Å². The van der Waals surface area contributed by atoms with E-state index in [9.17, 15) is 9.90 Å². The molecule has 2 aromatic rings. The molecule has 6 nitrogen and oxygen atoms in total. The number of rotatable bonds is 7. The quantitative estimate of drug-likeness (QED) is 0.739. The van der Waals surface area contributed by atoms with Crippen LogP contribution in [0.15, 0.2) is 33.5 Å². The topological polar surface area (TPSA) is 83.1 Å². The highest BCUT2D eigenvalue weighted by Crippen LogP contribution is 2.22. The van der Waals surface area contributed by atoms with Gasteiger partial charge in [-0.05, 0) is 17.7 Å². The summed E-state index contributed by atoms with van der Waals surface area (Å²) in [5.74, 6) is 0.0504. The molecular weight excluding hydrogens is 274 g/mol. The molecule has 0 spiro atoms. The standard InChI is InChI=1S/C15H19NO5/c1-20-7-5-16(4-6-17)10-11-8-15(19)21-14-9-12(18)2-3-13(11)14/h2-3,8-9,17-18H,4-7,10H2,1H3. The Labute approximate surface area is 122 Å². The number of phenolic OH excluding ortho intramolecular Hbond substituents is 1. The molecule has 0 aliphatic heterocycles. The molecule has 1 aromatic carbocycles. The van der Waals surface area contributed by atoms with Gasteiger partial charge in [0.2, 0.25) is 0 Å². The Morgan fingerprint density at radius 1 is 1.29 bits per heavy atom. The van der Waals surface area contributed by atoms with E-state index < -0.39 is 5.63 Å². The van der Waals surface area contributed by atoms with Crippen LogP contribution in [0.25, 0.3) is 11.0 Å². The summed E-state index contributed by atoms with van der Waals surface area (Å²) in [5, 5.41) is 19.4. The van der Waals surface area contributed by atoms with Gasteiger partial charge in [-0.1, -0.05) is 0 Å². The minimum atomic E-state index is -0.459. The average Bonchev–Trinajstić information content (AvgIpc) is 2.44. The van der Waals surface area contributed by atoms with E-state index >= 15 is 0 Å². The van der Waals surface area contributed by atoms with Gasteiger partial charge in [-0.3, -0.25) is 4.90 Å². The van der Waals surface area contributed by atoms with Crippen molar-refractivity contribution in [3.8, 4) is 5.75 Å². The molecule has 6 heteroatoms. The zero-order chi connectivity index (χ0) is 15.2. The van der Waals surface area contributed by atoms with Crippen LogP contribution in [0.1, 0.15) is 5.56 Å². The summed E-state index contributed by atoms with van der Waals surface area (Å²) in [5.41, 5.74) is 0.692. The molecule has 2 N–H and O–H groups in total. The number of benzene rings is 1. The molecule has 0 aliphatic carbocycles. The Hall–Kier alpha value is -1.89. The maximum atomic E-state index is 11.6. The van der Waals surface area contributed by atoms with Gasteiger partial charge in [-0.2, -0.15) is 0 Å². The van der Waals surface area contributed by atoms with E-state index in [2.05, 4.69) is 0 Å². The van der Waals surface area contributed by atoms with Gasteiger partial charge in [0.25, 0.3) is 0 Å². The monoisotopic (exact) mass is 293 g/mol. The summed E-state index contributed by atoms with van der Waals surface area (Å²) in [6.45, 7) is 2.21. The molecule has 0 aliphatic rings. The van der Waals surface area contributed by atoms with Crippen LogP contribution in [0.3, 0.4) is 0 Å². The Bertz CT molecular complexity index is 652. The van der Waals surface area contributed by atoms with E-state index in [0.717, 1.165) is 10.9 Å². The molecular formula is C15H19NO5. The van der Waals surface area contributed by atoms with Crippen molar-refractivity contribution in [3.05, 3.63) is 40.2 Å². The molecule has 0 fully saturated rings. The highest BCUT2D eigenvalue weighted by molar-refractivity contribution is 5.81. The second-order valence-corrected chi connectivity index (χ2v) is 4.76. The van der Waals surface area contributed by atoms with Gasteiger partial charge < -0.3 is 19.4 Å². The first-order valence-electron chi connectivity index (χ1n) is 6.72. The largest absolute Gasteiger partial charge is 0.508 e. The molecule has 0 atom stereocenters. The van der Waals surface area contributed by atoms with Crippen LogP contribution in [0.4, 0.5) is 0 Å². The van der Waals surface area contributed by atoms with E-state index in [1.807, 2.05) is 4.90 Å². The molecule has 0 radical (unpaired) electrons. The first-order valence-corrected chi connectivity index (χ1v) is 6.72. The molecule has 0 saturated heterocycles. The van der Waals surface area contributed by atoms with E-state index in [1.54, 1.807) is 19.2 Å². The summed E-state index contributed by atoms with van der Waals surface area (Å²) < 4.78 is 10.1. The maximum Gasteiger partial charge on any atom is 0.336 e. The van der Waals surface area contributed by atoms with Crippen molar-refractivity contribution in [2.75, 3.05) is 33.4 Å². The van der Waals surface area contributed by atoms with Gasteiger partial charge >= 0.3 is 5.63 Å². The van der Waals surface area contributed by atoms with Crippen LogP contribution in [0, 0.1) is 0 Å².